The van der Waals surface area contributed by atoms with Crippen molar-refractivity contribution in [3.63, 3.8) is 0 Å². The summed E-state index contributed by atoms with van der Waals surface area (Å²) in [6.45, 7) is 0.576. The summed E-state index contributed by atoms with van der Waals surface area (Å²) in [5.41, 5.74) is 5.99. The second kappa shape index (κ2) is 6.88. The fraction of sp³-hybridized carbons (Fsp3) is 0.733. The number of rotatable bonds is 5. The number of nitrogens with two attached hydrogens (primary N) is 1. The van der Waals surface area contributed by atoms with Gasteiger partial charge in [-0.15, -0.1) is 0 Å². The summed E-state index contributed by atoms with van der Waals surface area (Å²) >= 11 is 0. The van der Waals surface area contributed by atoms with E-state index in [0.717, 1.165) is 25.1 Å². The number of amides is 1. The molecule has 2 atom stereocenters. The zero-order chi connectivity index (χ0) is 14.5. The Morgan fingerprint density at radius 1 is 1.55 bits per heavy atom. The third kappa shape index (κ3) is 4.07. The van der Waals surface area contributed by atoms with Crippen LogP contribution in [0.5, 0.6) is 0 Å². The molecule has 2 N–H and O–H groups in total. The molecule has 1 saturated carbocycles. The van der Waals surface area contributed by atoms with Gasteiger partial charge in [-0.25, -0.2) is 4.98 Å². The molecule has 112 valence electrons. The van der Waals surface area contributed by atoms with Crippen molar-refractivity contribution < 1.29 is 4.79 Å². The van der Waals surface area contributed by atoms with Crippen molar-refractivity contribution in [2.45, 2.75) is 51.1 Å². The Labute approximate surface area is 121 Å². The number of aryl methyl sites for hydroxylation is 1. The Balaban J connectivity index is 1.75. The molecule has 1 aromatic rings. The molecule has 2 rings (SSSR count). The van der Waals surface area contributed by atoms with Crippen LogP contribution < -0.4 is 5.73 Å². The highest BCUT2D eigenvalue weighted by Crippen LogP contribution is 2.27. The monoisotopic (exact) mass is 278 g/mol. The third-order valence-electron chi connectivity index (χ3n) is 4.32. The molecule has 0 aliphatic heterocycles. The summed E-state index contributed by atoms with van der Waals surface area (Å²) in [4.78, 5) is 18.2. The van der Waals surface area contributed by atoms with E-state index in [-0.39, 0.29) is 5.91 Å². The lowest BCUT2D eigenvalue weighted by atomic mass is 9.83. The number of hydrogen-bond donors (Lipinski definition) is 1. The van der Waals surface area contributed by atoms with Gasteiger partial charge in [0.15, 0.2) is 0 Å². The van der Waals surface area contributed by atoms with Gasteiger partial charge < -0.3 is 15.2 Å². The molecule has 1 amide bonds. The van der Waals surface area contributed by atoms with E-state index in [1.807, 2.05) is 24.9 Å². The Kier molecular flexibility index (Phi) is 5.17. The van der Waals surface area contributed by atoms with Gasteiger partial charge in [-0.2, -0.15) is 0 Å². The van der Waals surface area contributed by atoms with Crippen LogP contribution in [0.2, 0.25) is 0 Å². The van der Waals surface area contributed by atoms with E-state index in [1.54, 1.807) is 11.1 Å². The van der Waals surface area contributed by atoms with Crippen LogP contribution in [0.3, 0.4) is 0 Å². The highest BCUT2D eigenvalue weighted by Gasteiger charge is 2.21. The molecule has 1 fully saturated rings. The molecule has 1 aromatic heterocycles. The van der Waals surface area contributed by atoms with Crippen molar-refractivity contribution >= 4 is 5.91 Å². The number of carbonyl (C=O) groups excluding carboxylic acids is 1. The molecule has 5 nitrogen and oxygen atoms in total. The van der Waals surface area contributed by atoms with E-state index in [1.165, 1.54) is 12.8 Å². The quantitative estimate of drug-likeness (QED) is 0.891. The van der Waals surface area contributed by atoms with Crippen LogP contribution in [0.25, 0.3) is 0 Å². The summed E-state index contributed by atoms with van der Waals surface area (Å²) < 4.78 is 1.95. The van der Waals surface area contributed by atoms with Crippen LogP contribution in [0.15, 0.2) is 12.4 Å². The third-order valence-corrected chi connectivity index (χ3v) is 4.32. The minimum Gasteiger partial charge on any atom is -0.338 e. The maximum atomic E-state index is 12.2. The van der Waals surface area contributed by atoms with E-state index < -0.39 is 0 Å². The standard InChI is InChI=1S/C15H26N4O/c1-18-9-8-17-14(18)11-19(2)15(20)7-6-12-4-3-5-13(16)10-12/h8-9,12-13H,3-7,10-11,16H2,1-2H3. The van der Waals surface area contributed by atoms with Gasteiger partial charge in [0.05, 0.1) is 6.54 Å². The molecule has 1 aliphatic carbocycles. The van der Waals surface area contributed by atoms with Gasteiger partial charge in [-0.05, 0) is 25.2 Å². The maximum absolute atomic E-state index is 12.2. The van der Waals surface area contributed by atoms with E-state index >= 15 is 0 Å². The Hall–Kier alpha value is -1.36. The van der Waals surface area contributed by atoms with Crippen LogP contribution in [0.4, 0.5) is 0 Å². The summed E-state index contributed by atoms with van der Waals surface area (Å²) in [5.74, 6) is 1.75. The lowest BCUT2D eigenvalue weighted by Gasteiger charge is -2.27. The number of aromatic nitrogens is 2. The number of imidazole rings is 1. The molecule has 0 aromatic carbocycles. The number of nitrogens with zero attached hydrogens (tertiary/aromatic N) is 3. The molecular formula is C15H26N4O. The van der Waals surface area contributed by atoms with Crippen molar-refractivity contribution in [3.05, 3.63) is 18.2 Å². The van der Waals surface area contributed by atoms with Gasteiger partial charge >= 0.3 is 0 Å². The molecule has 0 radical (unpaired) electrons. The number of hydrogen-bond acceptors (Lipinski definition) is 3. The first-order chi connectivity index (χ1) is 9.56. The predicted molar refractivity (Wildman–Crippen MR) is 78.8 cm³/mol. The normalized spacial score (nSPS) is 22.8. The SMILES string of the molecule is CN(Cc1nccn1C)C(=O)CCC1CCCC(N)C1. The van der Waals surface area contributed by atoms with Gasteiger partial charge in [0.2, 0.25) is 5.91 Å². The second-order valence-corrected chi connectivity index (χ2v) is 6.04. The highest BCUT2D eigenvalue weighted by molar-refractivity contribution is 5.75. The molecule has 2 unspecified atom stereocenters. The molecule has 0 bridgehead atoms. The molecule has 20 heavy (non-hydrogen) atoms. The van der Waals surface area contributed by atoms with Crippen LogP contribution in [-0.4, -0.2) is 33.4 Å². The first-order valence-corrected chi connectivity index (χ1v) is 7.52. The van der Waals surface area contributed by atoms with E-state index in [4.69, 9.17) is 5.73 Å². The van der Waals surface area contributed by atoms with Crippen LogP contribution in [0.1, 0.15) is 44.3 Å². The lowest BCUT2D eigenvalue weighted by Crippen LogP contribution is -2.30. The van der Waals surface area contributed by atoms with E-state index in [0.29, 0.717) is 24.9 Å². The summed E-state index contributed by atoms with van der Waals surface area (Å²) in [5, 5.41) is 0. The van der Waals surface area contributed by atoms with Crippen LogP contribution in [-0.2, 0) is 18.4 Å². The molecular weight excluding hydrogens is 252 g/mol. The molecule has 1 heterocycles. The van der Waals surface area contributed by atoms with Gasteiger partial charge in [-0.1, -0.05) is 12.8 Å². The van der Waals surface area contributed by atoms with E-state index in [2.05, 4.69) is 4.98 Å². The summed E-state index contributed by atoms with van der Waals surface area (Å²) in [6, 6.07) is 0.342. The smallest absolute Gasteiger partial charge is 0.222 e. The minimum atomic E-state index is 0.201. The lowest BCUT2D eigenvalue weighted by molar-refractivity contribution is -0.130. The molecule has 1 aliphatic rings. The topological polar surface area (TPSA) is 64.2 Å². The maximum Gasteiger partial charge on any atom is 0.222 e. The van der Waals surface area contributed by atoms with Crippen LogP contribution >= 0.6 is 0 Å². The average molecular weight is 278 g/mol. The second-order valence-electron chi connectivity index (χ2n) is 6.04. The zero-order valence-electron chi connectivity index (χ0n) is 12.6. The first-order valence-electron chi connectivity index (χ1n) is 7.52. The van der Waals surface area contributed by atoms with Crippen LogP contribution in [0, 0.1) is 5.92 Å². The zero-order valence-corrected chi connectivity index (χ0v) is 12.6. The van der Waals surface area contributed by atoms with Crippen molar-refractivity contribution in [1.29, 1.82) is 0 Å². The van der Waals surface area contributed by atoms with Gasteiger partial charge in [0, 0.05) is 39.0 Å². The predicted octanol–water partition coefficient (Wildman–Crippen LogP) is 1.68. The van der Waals surface area contributed by atoms with Crippen molar-refractivity contribution in [2.75, 3.05) is 7.05 Å². The van der Waals surface area contributed by atoms with E-state index in [9.17, 15) is 4.79 Å². The van der Waals surface area contributed by atoms with Gasteiger partial charge in [0.1, 0.15) is 5.82 Å². The van der Waals surface area contributed by atoms with Crippen molar-refractivity contribution in [1.82, 2.24) is 14.5 Å². The number of carbonyl (C=O) groups is 1. The fourth-order valence-corrected chi connectivity index (χ4v) is 2.96. The summed E-state index contributed by atoms with van der Waals surface area (Å²) in [6.07, 6.45) is 9.91. The van der Waals surface area contributed by atoms with Gasteiger partial charge in [-0.3, -0.25) is 4.79 Å². The first kappa shape index (κ1) is 15.0. The Bertz CT molecular complexity index is 443. The average Bonchev–Trinajstić information content (AvgIpc) is 2.81. The highest BCUT2D eigenvalue weighted by atomic mass is 16.2. The largest absolute Gasteiger partial charge is 0.338 e. The molecule has 5 heteroatoms. The molecule has 0 spiro atoms. The Morgan fingerprint density at radius 3 is 3.00 bits per heavy atom. The Morgan fingerprint density at radius 2 is 2.35 bits per heavy atom. The van der Waals surface area contributed by atoms with Crippen molar-refractivity contribution in [2.24, 2.45) is 18.7 Å². The van der Waals surface area contributed by atoms with Gasteiger partial charge in [0.25, 0.3) is 0 Å². The summed E-state index contributed by atoms with van der Waals surface area (Å²) in [7, 11) is 3.80. The minimum absolute atomic E-state index is 0.201. The van der Waals surface area contributed by atoms with Crippen molar-refractivity contribution in [3.8, 4) is 0 Å². The molecule has 0 saturated heterocycles. The fourth-order valence-electron chi connectivity index (χ4n) is 2.96.